The van der Waals surface area contributed by atoms with Crippen molar-refractivity contribution in [2.45, 2.75) is 38.3 Å². The van der Waals surface area contributed by atoms with Gasteiger partial charge in [-0.2, -0.15) is 13.2 Å². The Hall–Kier alpha value is -2.37. The molecule has 1 N–H and O–H groups in total. The molecule has 1 saturated carbocycles. The van der Waals surface area contributed by atoms with Gasteiger partial charge in [-0.25, -0.2) is 4.39 Å². The summed E-state index contributed by atoms with van der Waals surface area (Å²) >= 11 is 0. The quantitative estimate of drug-likeness (QED) is 0.410. The molecule has 1 fully saturated rings. The van der Waals surface area contributed by atoms with Gasteiger partial charge in [0.15, 0.2) is 0 Å². The molecule has 1 aliphatic rings. The predicted molar refractivity (Wildman–Crippen MR) is 97.8 cm³/mol. The normalized spacial score (nSPS) is 14.3. The molecule has 2 aromatic carbocycles. The van der Waals surface area contributed by atoms with Crippen LogP contribution in [-0.4, -0.2) is 24.3 Å². The van der Waals surface area contributed by atoms with Crippen LogP contribution in [0.2, 0.25) is 0 Å². The van der Waals surface area contributed by atoms with Crippen molar-refractivity contribution in [2.75, 3.05) is 13.6 Å². The minimum Gasteiger partial charge on any atom is -0.360 e. The number of nitrogens with zero attached hydrogens (tertiary/aromatic N) is 1. The van der Waals surface area contributed by atoms with Crippen LogP contribution >= 0.6 is 0 Å². The fourth-order valence-electron chi connectivity index (χ4n) is 3.24. The zero-order valence-electron chi connectivity index (χ0n) is 15.3. The zero-order valence-corrected chi connectivity index (χ0v) is 15.3. The third kappa shape index (κ3) is 4.31. The molecule has 0 spiro atoms. The Morgan fingerprint density at radius 3 is 2.44 bits per heavy atom. The van der Waals surface area contributed by atoms with E-state index in [2.05, 4.69) is 0 Å². The number of alkyl halides is 3. The van der Waals surface area contributed by atoms with E-state index in [1.807, 2.05) is 6.92 Å². The molecule has 27 heavy (non-hydrogen) atoms. The maximum atomic E-state index is 13.7. The Morgan fingerprint density at radius 2 is 1.89 bits per heavy atom. The Morgan fingerprint density at radius 1 is 1.19 bits per heavy atom. The summed E-state index contributed by atoms with van der Waals surface area (Å²) in [6.07, 6.45) is -2.70. The number of rotatable bonds is 5. The number of hydrogen-bond acceptors (Lipinski definition) is 1. The molecule has 0 aromatic heterocycles. The van der Waals surface area contributed by atoms with Crippen LogP contribution in [-0.2, 0) is 12.6 Å². The van der Waals surface area contributed by atoms with E-state index in [0.717, 1.165) is 24.5 Å². The molecule has 6 heteroatoms. The Kier molecular flexibility index (Phi) is 5.27. The summed E-state index contributed by atoms with van der Waals surface area (Å²) in [5.74, 6) is -0.173. The van der Waals surface area contributed by atoms with Gasteiger partial charge < -0.3 is 4.90 Å². The molecule has 0 saturated heterocycles. The lowest BCUT2D eigenvalue weighted by molar-refractivity contribution is -0.138. The average Bonchev–Trinajstić information content (AvgIpc) is 3.44. The zero-order chi connectivity index (χ0) is 19.8. The van der Waals surface area contributed by atoms with Crippen LogP contribution in [0.3, 0.4) is 0 Å². The van der Waals surface area contributed by atoms with Crippen molar-refractivity contribution >= 4 is 5.84 Å². The molecular formula is C21H22F4N2. The first-order valence-electron chi connectivity index (χ1n) is 8.99. The maximum Gasteiger partial charge on any atom is 0.416 e. The SMILES string of the molecule is CCN(C)C(=N)c1cc(C(F)(F)F)c(Cc2cccc(F)c2)cc1C1CC1. The van der Waals surface area contributed by atoms with E-state index in [-0.39, 0.29) is 23.7 Å². The third-order valence-electron chi connectivity index (χ3n) is 4.99. The highest BCUT2D eigenvalue weighted by atomic mass is 19.4. The van der Waals surface area contributed by atoms with Crippen LogP contribution in [0.5, 0.6) is 0 Å². The first-order valence-corrected chi connectivity index (χ1v) is 8.99. The number of benzene rings is 2. The molecule has 2 aromatic rings. The minimum absolute atomic E-state index is 0.00353. The van der Waals surface area contributed by atoms with Gasteiger partial charge >= 0.3 is 6.18 Å². The standard InChI is InChI=1S/C21H22F4N2/c1-3-27(2)20(26)18-12-19(21(23,24)25)15(11-17(18)14-7-8-14)9-13-5-4-6-16(22)10-13/h4-6,10-12,14,26H,3,7-9H2,1-2H3. The highest BCUT2D eigenvalue weighted by molar-refractivity contribution is 5.98. The molecule has 0 unspecified atom stereocenters. The van der Waals surface area contributed by atoms with E-state index in [4.69, 9.17) is 5.41 Å². The number of nitrogens with one attached hydrogen (secondary N) is 1. The van der Waals surface area contributed by atoms with Gasteiger partial charge in [0.1, 0.15) is 11.7 Å². The Bertz CT molecular complexity index is 854. The summed E-state index contributed by atoms with van der Waals surface area (Å²) in [4.78, 5) is 1.63. The second-order valence-electron chi connectivity index (χ2n) is 7.04. The van der Waals surface area contributed by atoms with Crippen LogP contribution in [0.4, 0.5) is 17.6 Å². The molecule has 144 valence electrons. The summed E-state index contributed by atoms with van der Waals surface area (Å²) in [6.45, 7) is 2.39. The van der Waals surface area contributed by atoms with Crippen LogP contribution < -0.4 is 0 Å². The number of amidine groups is 1. The van der Waals surface area contributed by atoms with Gasteiger partial charge in [-0.3, -0.25) is 5.41 Å². The van der Waals surface area contributed by atoms with E-state index < -0.39 is 17.6 Å². The van der Waals surface area contributed by atoms with Crippen molar-refractivity contribution in [3.8, 4) is 0 Å². The maximum absolute atomic E-state index is 13.7. The van der Waals surface area contributed by atoms with E-state index in [1.54, 1.807) is 24.1 Å². The van der Waals surface area contributed by atoms with Crippen molar-refractivity contribution in [3.05, 3.63) is 70.0 Å². The van der Waals surface area contributed by atoms with Crippen LogP contribution in [0, 0.1) is 11.2 Å². The van der Waals surface area contributed by atoms with Gasteiger partial charge in [-0.15, -0.1) is 0 Å². The van der Waals surface area contributed by atoms with Crippen molar-refractivity contribution in [2.24, 2.45) is 0 Å². The molecule has 0 radical (unpaired) electrons. The first kappa shape index (κ1) is 19.4. The van der Waals surface area contributed by atoms with Crippen molar-refractivity contribution < 1.29 is 17.6 Å². The molecule has 3 rings (SSSR count). The second kappa shape index (κ2) is 7.33. The molecule has 0 heterocycles. The van der Waals surface area contributed by atoms with E-state index in [0.29, 0.717) is 17.7 Å². The molecule has 0 amide bonds. The van der Waals surface area contributed by atoms with Gasteiger partial charge in [0.25, 0.3) is 0 Å². The average molecular weight is 378 g/mol. The largest absolute Gasteiger partial charge is 0.416 e. The summed E-state index contributed by atoms with van der Waals surface area (Å²) in [6, 6.07) is 8.35. The van der Waals surface area contributed by atoms with Gasteiger partial charge in [0.2, 0.25) is 0 Å². The van der Waals surface area contributed by atoms with Gasteiger partial charge in [-0.1, -0.05) is 18.2 Å². The van der Waals surface area contributed by atoms with E-state index in [1.165, 1.54) is 18.2 Å². The molecule has 0 bridgehead atoms. The number of halogens is 4. The summed E-state index contributed by atoms with van der Waals surface area (Å²) in [7, 11) is 1.70. The summed E-state index contributed by atoms with van der Waals surface area (Å²) in [5, 5.41) is 8.33. The van der Waals surface area contributed by atoms with Crippen LogP contribution in [0.1, 0.15) is 53.5 Å². The Balaban J connectivity index is 2.12. The third-order valence-corrected chi connectivity index (χ3v) is 4.99. The van der Waals surface area contributed by atoms with Gasteiger partial charge in [0, 0.05) is 19.2 Å². The molecule has 2 nitrogen and oxygen atoms in total. The molecule has 0 aliphatic heterocycles. The second-order valence-corrected chi connectivity index (χ2v) is 7.04. The van der Waals surface area contributed by atoms with E-state index >= 15 is 0 Å². The number of hydrogen-bond donors (Lipinski definition) is 1. The van der Waals surface area contributed by atoms with Crippen LogP contribution in [0.25, 0.3) is 0 Å². The van der Waals surface area contributed by atoms with Gasteiger partial charge in [0.05, 0.1) is 5.56 Å². The molecular weight excluding hydrogens is 356 g/mol. The smallest absolute Gasteiger partial charge is 0.360 e. The fourth-order valence-corrected chi connectivity index (χ4v) is 3.24. The van der Waals surface area contributed by atoms with E-state index in [9.17, 15) is 17.6 Å². The summed E-state index contributed by atoms with van der Waals surface area (Å²) < 4.78 is 54.7. The topological polar surface area (TPSA) is 27.1 Å². The fraction of sp³-hybridized carbons (Fsp3) is 0.381. The van der Waals surface area contributed by atoms with Crippen LogP contribution in [0.15, 0.2) is 36.4 Å². The lowest BCUT2D eigenvalue weighted by atomic mass is 9.91. The summed E-state index contributed by atoms with van der Waals surface area (Å²) in [5.41, 5.74) is 1.01. The highest BCUT2D eigenvalue weighted by Gasteiger charge is 2.37. The minimum atomic E-state index is -4.54. The monoisotopic (exact) mass is 378 g/mol. The van der Waals surface area contributed by atoms with Crippen molar-refractivity contribution in [1.29, 1.82) is 5.41 Å². The van der Waals surface area contributed by atoms with Crippen molar-refractivity contribution in [3.63, 3.8) is 0 Å². The first-order chi connectivity index (χ1) is 12.7. The molecule has 1 aliphatic carbocycles. The highest BCUT2D eigenvalue weighted by Crippen LogP contribution is 2.45. The lowest BCUT2D eigenvalue weighted by Crippen LogP contribution is -2.28. The van der Waals surface area contributed by atoms with Crippen molar-refractivity contribution in [1.82, 2.24) is 4.90 Å². The lowest BCUT2D eigenvalue weighted by Gasteiger charge is -2.23. The Labute approximate surface area is 156 Å². The molecule has 0 atom stereocenters. The van der Waals surface area contributed by atoms with Gasteiger partial charge in [-0.05, 0) is 67.0 Å². The predicted octanol–water partition coefficient (Wildman–Crippen LogP) is 5.59.